The van der Waals surface area contributed by atoms with E-state index in [1.807, 2.05) is 18.2 Å². The molecule has 0 fully saturated rings. The van der Waals surface area contributed by atoms with Crippen molar-refractivity contribution in [1.29, 1.82) is 0 Å². The smallest absolute Gasteiger partial charge is 0.0780 e. The van der Waals surface area contributed by atoms with Crippen molar-refractivity contribution in [2.45, 2.75) is 12.5 Å². The van der Waals surface area contributed by atoms with E-state index in [0.717, 1.165) is 12.0 Å². The summed E-state index contributed by atoms with van der Waals surface area (Å²) in [6.07, 6.45) is 5.10. The molecule has 0 spiro atoms. The molecular formula is C17H17NO. The van der Waals surface area contributed by atoms with Gasteiger partial charge in [-0.3, -0.25) is 0 Å². The maximum atomic E-state index is 9.89. The van der Waals surface area contributed by atoms with E-state index in [1.54, 1.807) is 0 Å². The molecule has 0 radical (unpaired) electrons. The van der Waals surface area contributed by atoms with Crippen LogP contribution in [-0.4, -0.2) is 16.8 Å². The van der Waals surface area contributed by atoms with E-state index in [2.05, 4.69) is 48.6 Å². The van der Waals surface area contributed by atoms with Crippen LogP contribution in [0.4, 0.5) is 0 Å². The molecule has 0 aliphatic carbocycles. The lowest BCUT2D eigenvalue weighted by Crippen LogP contribution is -2.27. The Balaban J connectivity index is 1.87. The summed E-state index contributed by atoms with van der Waals surface area (Å²) in [6, 6.07) is 18.7. The largest absolute Gasteiger partial charge is 0.313 e. The zero-order valence-corrected chi connectivity index (χ0v) is 10.7. The molecule has 2 aromatic rings. The van der Waals surface area contributed by atoms with Crippen LogP contribution in [-0.2, 0) is 0 Å². The van der Waals surface area contributed by atoms with Gasteiger partial charge in [-0.15, -0.1) is 0 Å². The molecule has 1 N–H and O–H groups in total. The molecule has 0 amide bonds. The first-order valence-corrected chi connectivity index (χ1v) is 6.62. The van der Waals surface area contributed by atoms with E-state index in [9.17, 15) is 5.21 Å². The summed E-state index contributed by atoms with van der Waals surface area (Å²) in [7, 11) is 0. The Labute approximate surface area is 113 Å². The van der Waals surface area contributed by atoms with Gasteiger partial charge >= 0.3 is 0 Å². The van der Waals surface area contributed by atoms with Crippen LogP contribution >= 0.6 is 0 Å². The lowest BCUT2D eigenvalue weighted by Gasteiger charge is -2.26. The van der Waals surface area contributed by atoms with Gasteiger partial charge < -0.3 is 5.21 Å². The Kier molecular flexibility index (Phi) is 3.45. The van der Waals surface area contributed by atoms with Gasteiger partial charge in [0.05, 0.1) is 6.04 Å². The second kappa shape index (κ2) is 5.39. The summed E-state index contributed by atoms with van der Waals surface area (Å²) in [5, 5.41) is 11.3. The van der Waals surface area contributed by atoms with Crippen molar-refractivity contribution in [2.24, 2.45) is 0 Å². The molecule has 19 heavy (non-hydrogen) atoms. The zero-order chi connectivity index (χ0) is 13.1. The maximum absolute atomic E-state index is 9.89. The van der Waals surface area contributed by atoms with Crippen LogP contribution in [0.2, 0.25) is 0 Å². The van der Waals surface area contributed by atoms with Gasteiger partial charge in [0.15, 0.2) is 0 Å². The number of hydrogen-bond donors (Lipinski definition) is 1. The fraction of sp³-hybridized carbons (Fsp3) is 0.176. The first-order chi connectivity index (χ1) is 9.34. The maximum Gasteiger partial charge on any atom is 0.0780 e. The Bertz CT molecular complexity index is 560. The normalized spacial score (nSPS) is 19.5. The molecule has 0 aromatic heterocycles. The van der Waals surface area contributed by atoms with Gasteiger partial charge in [0.25, 0.3) is 0 Å². The first-order valence-electron chi connectivity index (χ1n) is 6.62. The summed E-state index contributed by atoms with van der Waals surface area (Å²) in [5.41, 5.74) is 3.54. The lowest BCUT2D eigenvalue weighted by atomic mass is 9.99. The molecule has 3 rings (SSSR count). The minimum absolute atomic E-state index is 0.0152. The second-order valence-corrected chi connectivity index (χ2v) is 4.81. The topological polar surface area (TPSA) is 23.5 Å². The molecule has 0 bridgehead atoms. The van der Waals surface area contributed by atoms with Crippen molar-refractivity contribution in [3.63, 3.8) is 0 Å². The van der Waals surface area contributed by atoms with Gasteiger partial charge in [-0.05, 0) is 23.1 Å². The molecule has 0 saturated carbocycles. The van der Waals surface area contributed by atoms with E-state index in [-0.39, 0.29) is 6.04 Å². The highest BCUT2D eigenvalue weighted by atomic mass is 16.5. The van der Waals surface area contributed by atoms with E-state index >= 15 is 0 Å². The van der Waals surface area contributed by atoms with Crippen LogP contribution in [0.1, 0.15) is 18.0 Å². The standard InChI is InChI=1S/C17H17NO/c19-18-13-5-4-8-17(18)16-11-9-15(10-12-16)14-6-2-1-3-7-14/h1-4,6-12,17,19H,5,13H2/t17-/m1/s1. The first kappa shape index (κ1) is 12.2. The average Bonchev–Trinajstić information content (AvgIpc) is 2.49. The molecule has 1 aliphatic rings. The fourth-order valence-electron chi connectivity index (χ4n) is 2.46. The summed E-state index contributed by atoms with van der Waals surface area (Å²) < 4.78 is 0. The summed E-state index contributed by atoms with van der Waals surface area (Å²) in [6.45, 7) is 0.696. The van der Waals surface area contributed by atoms with Gasteiger partial charge in [0, 0.05) is 6.54 Å². The highest BCUT2D eigenvalue weighted by Gasteiger charge is 2.18. The SMILES string of the molecule is ON1CCC=C[C@@H]1c1ccc(-c2ccccc2)cc1. The van der Waals surface area contributed by atoms with Gasteiger partial charge in [0.1, 0.15) is 0 Å². The second-order valence-electron chi connectivity index (χ2n) is 4.81. The quantitative estimate of drug-likeness (QED) is 0.814. The van der Waals surface area contributed by atoms with Crippen molar-refractivity contribution in [3.05, 3.63) is 72.3 Å². The van der Waals surface area contributed by atoms with Crippen LogP contribution in [0.3, 0.4) is 0 Å². The molecule has 1 atom stereocenters. The van der Waals surface area contributed by atoms with Gasteiger partial charge in [-0.2, -0.15) is 5.06 Å². The zero-order valence-electron chi connectivity index (χ0n) is 10.7. The third-order valence-corrected chi connectivity index (χ3v) is 3.52. The van der Waals surface area contributed by atoms with Crippen LogP contribution < -0.4 is 0 Å². The number of hydroxylamine groups is 2. The lowest BCUT2D eigenvalue weighted by molar-refractivity contribution is -0.117. The van der Waals surface area contributed by atoms with Gasteiger partial charge in [-0.25, -0.2) is 0 Å². The van der Waals surface area contributed by atoms with Crippen LogP contribution in [0.25, 0.3) is 11.1 Å². The number of benzene rings is 2. The van der Waals surface area contributed by atoms with Crippen molar-refractivity contribution in [3.8, 4) is 11.1 Å². The molecule has 1 heterocycles. The number of hydrogen-bond acceptors (Lipinski definition) is 2. The van der Waals surface area contributed by atoms with Crippen LogP contribution in [0.15, 0.2) is 66.7 Å². The third kappa shape index (κ3) is 2.60. The van der Waals surface area contributed by atoms with E-state index < -0.39 is 0 Å². The molecule has 2 aromatic carbocycles. The Morgan fingerprint density at radius 2 is 1.58 bits per heavy atom. The molecule has 96 valence electrons. The summed E-state index contributed by atoms with van der Waals surface area (Å²) in [4.78, 5) is 0. The van der Waals surface area contributed by atoms with Crippen molar-refractivity contribution in [2.75, 3.05) is 6.54 Å². The fourth-order valence-corrected chi connectivity index (χ4v) is 2.46. The molecule has 2 nitrogen and oxygen atoms in total. The van der Waals surface area contributed by atoms with Crippen LogP contribution in [0, 0.1) is 0 Å². The molecule has 1 aliphatic heterocycles. The predicted molar refractivity (Wildman–Crippen MR) is 76.9 cm³/mol. The molecule has 0 saturated heterocycles. The van der Waals surface area contributed by atoms with E-state index in [1.165, 1.54) is 16.2 Å². The Hall–Kier alpha value is -1.90. The highest BCUT2D eigenvalue weighted by Crippen LogP contribution is 2.27. The minimum atomic E-state index is -0.0152. The van der Waals surface area contributed by atoms with Crippen molar-refractivity contribution >= 4 is 0 Å². The predicted octanol–water partition coefficient (Wildman–Crippen LogP) is 4.05. The minimum Gasteiger partial charge on any atom is -0.313 e. The van der Waals surface area contributed by atoms with E-state index in [0.29, 0.717) is 6.54 Å². The van der Waals surface area contributed by atoms with Crippen LogP contribution in [0.5, 0.6) is 0 Å². The monoisotopic (exact) mass is 251 g/mol. The number of nitrogens with zero attached hydrogens (tertiary/aromatic N) is 1. The van der Waals surface area contributed by atoms with Gasteiger partial charge in [-0.1, -0.05) is 66.7 Å². The molecular weight excluding hydrogens is 234 g/mol. The van der Waals surface area contributed by atoms with Gasteiger partial charge in [0.2, 0.25) is 0 Å². The Morgan fingerprint density at radius 1 is 0.895 bits per heavy atom. The van der Waals surface area contributed by atoms with E-state index in [4.69, 9.17) is 0 Å². The highest BCUT2D eigenvalue weighted by molar-refractivity contribution is 5.63. The Morgan fingerprint density at radius 3 is 2.26 bits per heavy atom. The van der Waals surface area contributed by atoms with Crippen molar-refractivity contribution < 1.29 is 5.21 Å². The molecule has 2 heteroatoms. The third-order valence-electron chi connectivity index (χ3n) is 3.52. The summed E-state index contributed by atoms with van der Waals surface area (Å²) in [5.74, 6) is 0. The van der Waals surface area contributed by atoms with Crippen molar-refractivity contribution in [1.82, 2.24) is 5.06 Å². The number of rotatable bonds is 2. The summed E-state index contributed by atoms with van der Waals surface area (Å²) >= 11 is 0. The average molecular weight is 251 g/mol. The molecule has 0 unspecified atom stereocenters.